The second-order valence-corrected chi connectivity index (χ2v) is 9.12. The molecule has 34 heavy (non-hydrogen) atoms. The van der Waals surface area contributed by atoms with E-state index in [2.05, 4.69) is 16.6 Å². The largest absolute Gasteiger partial charge is 0.428 e. The maximum Gasteiger partial charge on any atom is 0.416 e. The molecule has 0 spiro atoms. The molecule has 1 aromatic carbocycles. The molecule has 0 aliphatic carbocycles. The number of hydrogen-bond donors (Lipinski definition) is 1. The molecular formula is C21H21F3N2O7S. The van der Waals surface area contributed by atoms with Gasteiger partial charge >= 0.3 is 18.1 Å². The smallest absolute Gasteiger partial charge is 0.416 e. The maximum absolute atomic E-state index is 12.7. The fraction of sp³-hybridized carbons (Fsp3) is 0.429. The van der Waals surface area contributed by atoms with Gasteiger partial charge in [0.25, 0.3) is 0 Å². The first-order valence-corrected chi connectivity index (χ1v) is 11.5. The Bertz CT molecular complexity index is 1040. The van der Waals surface area contributed by atoms with Gasteiger partial charge in [-0.15, -0.1) is 0 Å². The highest BCUT2D eigenvalue weighted by Gasteiger charge is 2.59. The topological polar surface area (TPSA) is 119 Å². The number of halogens is 3. The minimum Gasteiger partial charge on any atom is -0.428 e. The zero-order valence-corrected chi connectivity index (χ0v) is 18.7. The van der Waals surface area contributed by atoms with Gasteiger partial charge in [0.15, 0.2) is 6.04 Å². The third kappa shape index (κ3) is 5.29. The summed E-state index contributed by atoms with van der Waals surface area (Å²) < 4.78 is 60.2. The van der Waals surface area contributed by atoms with E-state index in [-0.39, 0.29) is 29.7 Å². The van der Waals surface area contributed by atoms with E-state index in [1.807, 2.05) is 0 Å². The van der Waals surface area contributed by atoms with Gasteiger partial charge in [-0.25, -0.2) is 4.79 Å². The Morgan fingerprint density at radius 1 is 1.21 bits per heavy atom. The quantitative estimate of drug-likeness (QED) is 0.256. The van der Waals surface area contributed by atoms with Gasteiger partial charge in [-0.1, -0.05) is 25.6 Å². The SMILES string of the molecule is C=C1CS(=O)[C@@H]2C(NC(=O)Cc3ccc(C(F)(F)F)cc3)C(=O)N2C1C(=O)OCOC(=O)CC. The molecule has 13 heteroatoms. The van der Waals surface area contributed by atoms with Gasteiger partial charge in [-0.05, 0) is 23.3 Å². The highest BCUT2D eigenvalue weighted by atomic mass is 32.2. The lowest BCUT2D eigenvalue weighted by Crippen LogP contribution is -2.77. The highest BCUT2D eigenvalue weighted by molar-refractivity contribution is 7.86. The number of β-lactam (4-membered cyclic amide) rings is 1. The summed E-state index contributed by atoms with van der Waals surface area (Å²) in [6.07, 6.45) is -4.73. The van der Waals surface area contributed by atoms with Crippen LogP contribution >= 0.6 is 0 Å². The summed E-state index contributed by atoms with van der Waals surface area (Å²) >= 11 is 0. The second-order valence-electron chi connectivity index (χ2n) is 7.59. The van der Waals surface area contributed by atoms with Crippen molar-refractivity contribution >= 4 is 34.6 Å². The number of hydrogen-bond acceptors (Lipinski definition) is 7. The van der Waals surface area contributed by atoms with Gasteiger partial charge in [-0.3, -0.25) is 18.6 Å². The number of carbonyl (C=O) groups is 4. The van der Waals surface area contributed by atoms with Gasteiger partial charge in [0, 0.05) is 12.2 Å². The van der Waals surface area contributed by atoms with Crippen molar-refractivity contribution < 1.29 is 46.0 Å². The van der Waals surface area contributed by atoms with Crippen LogP contribution in [0.4, 0.5) is 13.2 Å². The average Bonchev–Trinajstić information content (AvgIpc) is 2.76. The van der Waals surface area contributed by atoms with E-state index < -0.39 is 70.5 Å². The second kappa shape index (κ2) is 9.95. The first-order chi connectivity index (χ1) is 15.9. The number of benzene rings is 1. The minimum atomic E-state index is -4.51. The molecular weight excluding hydrogens is 481 g/mol. The van der Waals surface area contributed by atoms with E-state index in [1.165, 1.54) is 0 Å². The predicted molar refractivity (Wildman–Crippen MR) is 111 cm³/mol. The van der Waals surface area contributed by atoms with Crippen molar-refractivity contribution in [1.29, 1.82) is 0 Å². The maximum atomic E-state index is 12.7. The van der Waals surface area contributed by atoms with Crippen LogP contribution in [0.25, 0.3) is 0 Å². The number of carbonyl (C=O) groups excluding carboxylic acids is 4. The van der Waals surface area contributed by atoms with Crippen molar-refractivity contribution in [1.82, 2.24) is 10.2 Å². The zero-order chi connectivity index (χ0) is 25.2. The molecule has 4 atom stereocenters. The number of esters is 2. The van der Waals surface area contributed by atoms with Crippen molar-refractivity contribution in [2.45, 2.75) is 43.4 Å². The third-order valence-electron chi connectivity index (χ3n) is 5.24. The number of nitrogens with zero attached hydrogens (tertiary/aromatic N) is 1. The van der Waals surface area contributed by atoms with Crippen molar-refractivity contribution in [2.75, 3.05) is 12.5 Å². The van der Waals surface area contributed by atoms with E-state index in [0.717, 1.165) is 29.2 Å². The van der Waals surface area contributed by atoms with E-state index in [0.29, 0.717) is 0 Å². The minimum absolute atomic E-state index is 0.0766. The molecule has 1 N–H and O–H groups in total. The first-order valence-electron chi connectivity index (χ1n) is 10.1. The van der Waals surface area contributed by atoms with Crippen molar-refractivity contribution in [2.24, 2.45) is 0 Å². The van der Waals surface area contributed by atoms with Crippen LogP contribution in [0.2, 0.25) is 0 Å². The summed E-state index contributed by atoms with van der Waals surface area (Å²) in [5.41, 5.74) is -0.402. The Balaban J connectivity index is 1.62. The molecule has 0 radical (unpaired) electrons. The number of alkyl halides is 3. The van der Waals surface area contributed by atoms with Crippen molar-refractivity contribution in [3.8, 4) is 0 Å². The van der Waals surface area contributed by atoms with Crippen LogP contribution in [0, 0.1) is 0 Å². The first kappa shape index (κ1) is 25.4. The highest BCUT2D eigenvalue weighted by Crippen LogP contribution is 2.35. The van der Waals surface area contributed by atoms with Gasteiger partial charge in [0.1, 0.15) is 11.4 Å². The molecule has 2 heterocycles. The number of rotatable bonds is 7. The number of fused-ring (bicyclic) bond motifs is 1. The third-order valence-corrected chi connectivity index (χ3v) is 6.93. The Labute approximate surface area is 194 Å². The van der Waals surface area contributed by atoms with Crippen LogP contribution < -0.4 is 5.32 Å². The number of amides is 2. The Kier molecular flexibility index (Phi) is 7.44. The molecule has 9 nitrogen and oxygen atoms in total. The fourth-order valence-corrected chi connectivity index (χ4v) is 5.21. The molecule has 0 saturated carbocycles. The monoisotopic (exact) mass is 502 g/mol. The molecule has 1 aromatic rings. The van der Waals surface area contributed by atoms with Gasteiger partial charge in [0.05, 0.1) is 22.8 Å². The summed E-state index contributed by atoms with van der Waals surface area (Å²) in [6.45, 7) is 4.58. The molecule has 3 rings (SSSR count). The standard InChI is InChI=1S/C21H21F3N2O7S/c1-3-15(28)32-10-33-20(30)17-11(2)9-34(31)19-16(18(29)26(17)19)25-14(27)8-12-4-6-13(7-5-12)21(22,23)24/h4-7,16-17,19H,2-3,8-10H2,1H3,(H,25,27)/t16?,17?,19-,34?/m1/s1. The van der Waals surface area contributed by atoms with E-state index in [1.54, 1.807) is 6.92 Å². The lowest BCUT2D eigenvalue weighted by atomic mass is 9.98. The zero-order valence-electron chi connectivity index (χ0n) is 17.9. The molecule has 0 bridgehead atoms. The Morgan fingerprint density at radius 2 is 1.85 bits per heavy atom. The fourth-order valence-electron chi connectivity index (χ4n) is 3.55. The molecule has 2 amide bonds. The van der Waals surface area contributed by atoms with Crippen molar-refractivity contribution in [3.63, 3.8) is 0 Å². The van der Waals surface area contributed by atoms with Crippen LogP contribution in [0.3, 0.4) is 0 Å². The Morgan fingerprint density at radius 3 is 2.44 bits per heavy atom. The summed E-state index contributed by atoms with van der Waals surface area (Å²) in [7, 11) is -1.66. The van der Waals surface area contributed by atoms with Crippen molar-refractivity contribution in [3.05, 3.63) is 47.5 Å². The number of nitrogens with one attached hydrogen (secondary N) is 1. The molecule has 2 aliphatic rings. The lowest BCUT2D eigenvalue weighted by Gasteiger charge is -2.52. The summed E-state index contributed by atoms with van der Waals surface area (Å²) in [4.78, 5) is 49.7. The molecule has 2 aliphatic heterocycles. The van der Waals surface area contributed by atoms with E-state index in [4.69, 9.17) is 4.74 Å². The van der Waals surface area contributed by atoms with Crippen LogP contribution in [0.1, 0.15) is 24.5 Å². The molecule has 2 fully saturated rings. The van der Waals surface area contributed by atoms with E-state index >= 15 is 0 Å². The van der Waals surface area contributed by atoms with Gasteiger partial charge in [-0.2, -0.15) is 13.2 Å². The average molecular weight is 502 g/mol. The van der Waals surface area contributed by atoms with Crippen LogP contribution in [0.5, 0.6) is 0 Å². The summed E-state index contributed by atoms with van der Waals surface area (Å²) in [6, 6.07) is 1.56. The summed E-state index contributed by atoms with van der Waals surface area (Å²) in [5, 5.41) is 1.42. The van der Waals surface area contributed by atoms with Crippen LogP contribution in [0.15, 0.2) is 36.4 Å². The molecule has 184 valence electrons. The number of ether oxygens (including phenoxy) is 2. The van der Waals surface area contributed by atoms with Gasteiger partial charge < -0.3 is 19.7 Å². The van der Waals surface area contributed by atoms with Crippen LogP contribution in [-0.2, 0) is 52.0 Å². The van der Waals surface area contributed by atoms with Gasteiger partial charge in [0.2, 0.25) is 18.6 Å². The molecule has 3 unspecified atom stereocenters. The normalized spacial score (nSPS) is 24.1. The Hall–Kier alpha value is -3.22. The van der Waals surface area contributed by atoms with Crippen LogP contribution in [-0.4, -0.2) is 62.9 Å². The molecule has 2 saturated heterocycles. The predicted octanol–water partition coefficient (Wildman–Crippen LogP) is 1.04. The van der Waals surface area contributed by atoms with E-state index in [9.17, 15) is 36.6 Å². The summed E-state index contributed by atoms with van der Waals surface area (Å²) in [5.74, 6) is -2.98. The lowest BCUT2D eigenvalue weighted by molar-refractivity contribution is -0.175. The molecule has 0 aromatic heterocycles.